The Morgan fingerprint density at radius 2 is 2.15 bits per heavy atom. The van der Waals surface area contributed by atoms with Gasteiger partial charge in [-0.1, -0.05) is 18.5 Å². The van der Waals surface area contributed by atoms with Crippen LogP contribution in [0.3, 0.4) is 0 Å². The highest BCUT2D eigenvalue weighted by molar-refractivity contribution is 6.32. The van der Waals surface area contributed by atoms with Crippen molar-refractivity contribution in [2.75, 3.05) is 43.4 Å². The number of nitrogens with one attached hydrogen (secondary N) is 1. The largest absolute Gasteiger partial charge is 0.354 e. The lowest BCUT2D eigenvalue weighted by Crippen LogP contribution is -2.58. The van der Waals surface area contributed by atoms with Crippen LogP contribution >= 0.6 is 11.6 Å². The molecule has 1 N–H and O–H groups in total. The third-order valence-electron chi connectivity index (χ3n) is 3.87. The van der Waals surface area contributed by atoms with Crippen molar-refractivity contribution in [3.63, 3.8) is 0 Å². The second-order valence-corrected chi connectivity index (χ2v) is 6.35. The highest BCUT2D eigenvalue weighted by Gasteiger charge is 2.32. The molecule has 1 fully saturated rings. The number of anilines is 2. The van der Waals surface area contributed by atoms with Gasteiger partial charge in [-0.25, -0.2) is 4.98 Å². The monoisotopic (exact) mass is 297 g/mol. The first-order valence-electron chi connectivity index (χ1n) is 7.16. The van der Waals surface area contributed by atoms with Gasteiger partial charge in [0, 0.05) is 31.7 Å². The maximum absolute atomic E-state index is 6.29. The first kappa shape index (κ1) is 15.3. The van der Waals surface area contributed by atoms with Crippen LogP contribution in [0.1, 0.15) is 27.2 Å². The summed E-state index contributed by atoms with van der Waals surface area (Å²) in [6.45, 7) is 10.3. The Balaban J connectivity index is 2.19. The Hall–Kier alpha value is -1.07. The zero-order valence-corrected chi connectivity index (χ0v) is 13.5. The smallest absolute Gasteiger partial charge is 0.224 e. The summed E-state index contributed by atoms with van der Waals surface area (Å²) < 4.78 is 0. The first-order valence-corrected chi connectivity index (χ1v) is 7.54. The molecule has 1 aromatic rings. The number of hydrogen-bond donors (Lipinski definition) is 1. The van der Waals surface area contributed by atoms with Crippen LogP contribution in [0.4, 0.5) is 11.8 Å². The number of piperazine rings is 1. The summed E-state index contributed by atoms with van der Waals surface area (Å²) >= 11 is 6.29. The molecular weight excluding hydrogens is 274 g/mol. The van der Waals surface area contributed by atoms with Gasteiger partial charge in [-0.15, -0.1) is 0 Å². The third kappa shape index (κ3) is 3.33. The van der Waals surface area contributed by atoms with Crippen molar-refractivity contribution in [2.45, 2.75) is 32.7 Å². The van der Waals surface area contributed by atoms with E-state index in [0.29, 0.717) is 11.0 Å². The zero-order valence-electron chi connectivity index (χ0n) is 12.8. The van der Waals surface area contributed by atoms with Crippen LogP contribution in [-0.4, -0.2) is 53.6 Å². The summed E-state index contributed by atoms with van der Waals surface area (Å²) in [5.41, 5.74) is 0.115. The van der Waals surface area contributed by atoms with Crippen LogP contribution in [0, 0.1) is 0 Å². The van der Waals surface area contributed by atoms with Crippen molar-refractivity contribution in [1.82, 2.24) is 14.9 Å². The molecule has 0 unspecified atom stereocenters. The lowest BCUT2D eigenvalue weighted by atomic mass is 10.00. The van der Waals surface area contributed by atoms with Gasteiger partial charge in [0.2, 0.25) is 5.95 Å². The molecule has 5 nitrogen and oxygen atoms in total. The van der Waals surface area contributed by atoms with E-state index in [1.807, 2.05) is 0 Å². The van der Waals surface area contributed by atoms with Crippen LogP contribution < -0.4 is 10.2 Å². The molecule has 0 saturated carbocycles. The maximum Gasteiger partial charge on any atom is 0.224 e. The third-order valence-corrected chi connectivity index (χ3v) is 4.14. The van der Waals surface area contributed by atoms with Gasteiger partial charge < -0.3 is 10.2 Å². The Morgan fingerprint density at radius 1 is 1.40 bits per heavy atom. The second-order valence-electron chi connectivity index (χ2n) is 5.95. The van der Waals surface area contributed by atoms with Crippen molar-refractivity contribution < 1.29 is 0 Å². The minimum Gasteiger partial charge on any atom is -0.354 e. The molecule has 0 radical (unpaired) electrons. The van der Waals surface area contributed by atoms with Crippen LogP contribution in [0.15, 0.2) is 6.20 Å². The fraction of sp³-hybridized carbons (Fsp3) is 0.714. The number of aromatic nitrogens is 2. The standard InChI is InChI=1S/C14H24ClN5/c1-5-6-16-13-17-9-11(15)12(18-13)20-8-7-19(4)14(2,3)10-20/h9H,5-8,10H2,1-4H3,(H,16,17,18). The van der Waals surface area contributed by atoms with E-state index in [9.17, 15) is 0 Å². The van der Waals surface area contributed by atoms with E-state index in [-0.39, 0.29) is 5.54 Å². The lowest BCUT2D eigenvalue weighted by Gasteiger charge is -2.45. The van der Waals surface area contributed by atoms with E-state index in [1.54, 1.807) is 6.20 Å². The van der Waals surface area contributed by atoms with E-state index in [1.165, 1.54) is 0 Å². The first-order chi connectivity index (χ1) is 9.44. The van der Waals surface area contributed by atoms with E-state index in [4.69, 9.17) is 11.6 Å². The summed E-state index contributed by atoms with van der Waals surface area (Å²) in [5, 5.41) is 3.83. The average Bonchev–Trinajstić information content (AvgIpc) is 2.41. The predicted octanol–water partition coefficient (Wildman–Crippen LogP) is 2.48. The molecule has 0 atom stereocenters. The minimum absolute atomic E-state index is 0.115. The summed E-state index contributed by atoms with van der Waals surface area (Å²) in [4.78, 5) is 13.4. The van der Waals surface area contributed by atoms with Crippen molar-refractivity contribution >= 4 is 23.4 Å². The van der Waals surface area contributed by atoms with Gasteiger partial charge in [0.15, 0.2) is 5.82 Å². The molecule has 0 aliphatic carbocycles. The van der Waals surface area contributed by atoms with Crippen LogP contribution in [0.2, 0.25) is 5.02 Å². The molecule has 20 heavy (non-hydrogen) atoms. The Labute approximate surface area is 126 Å². The summed E-state index contributed by atoms with van der Waals surface area (Å²) in [7, 11) is 2.16. The predicted molar refractivity (Wildman–Crippen MR) is 84.7 cm³/mol. The minimum atomic E-state index is 0.115. The average molecular weight is 298 g/mol. The van der Waals surface area contributed by atoms with Gasteiger partial charge >= 0.3 is 0 Å². The van der Waals surface area contributed by atoms with Crippen molar-refractivity contribution in [3.8, 4) is 0 Å². The van der Waals surface area contributed by atoms with Gasteiger partial charge in [-0.05, 0) is 27.3 Å². The molecule has 0 bridgehead atoms. The highest BCUT2D eigenvalue weighted by atomic mass is 35.5. The van der Waals surface area contributed by atoms with Crippen LogP contribution in [0.25, 0.3) is 0 Å². The maximum atomic E-state index is 6.29. The van der Waals surface area contributed by atoms with Gasteiger partial charge in [0.25, 0.3) is 0 Å². The van der Waals surface area contributed by atoms with Crippen molar-refractivity contribution in [1.29, 1.82) is 0 Å². The van der Waals surface area contributed by atoms with Gasteiger partial charge in [0.1, 0.15) is 5.02 Å². The number of likely N-dealkylation sites (N-methyl/N-ethyl adjacent to an activating group) is 1. The molecule has 1 saturated heterocycles. The van der Waals surface area contributed by atoms with E-state index < -0.39 is 0 Å². The fourth-order valence-electron chi connectivity index (χ4n) is 2.32. The quantitative estimate of drug-likeness (QED) is 0.925. The Bertz CT molecular complexity index is 463. The van der Waals surface area contributed by atoms with E-state index in [0.717, 1.165) is 38.4 Å². The van der Waals surface area contributed by atoms with Crippen molar-refractivity contribution in [2.24, 2.45) is 0 Å². The lowest BCUT2D eigenvalue weighted by molar-refractivity contribution is 0.138. The van der Waals surface area contributed by atoms with Gasteiger partial charge in [0.05, 0.1) is 6.20 Å². The second kappa shape index (κ2) is 6.14. The summed E-state index contributed by atoms with van der Waals surface area (Å²) in [5.74, 6) is 1.49. The molecule has 0 aromatic carbocycles. The molecule has 112 valence electrons. The molecular formula is C14H24ClN5. The molecule has 1 aliphatic heterocycles. The molecule has 2 rings (SSSR count). The molecule has 0 amide bonds. The number of nitrogens with zero attached hydrogens (tertiary/aromatic N) is 4. The molecule has 6 heteroatoms. The van der Waals surface area contributed by atoms with E-state index >= 15 is 0 Å². The molecule has 1 aliphatic rings. The molecule has 1 aromatic heterocycles. The number of rotatable bonds is 4. The summed E-state index contributed by atoms with van der Waals surface area (Å²) in [6, 6.07) is 0. The summed E-state index contributed by atoms with van der Waals surface area (Å²) in [6.07, 6.45) is 2.73. The normalized spacial score (nSPS) is 19.1. The fourth-order valence-corrected chi connectivity index (χ4v) is 2.53. The van der Waals surface area contributed by atoms with E-state index in [2.05, 4.69) is 52.9 Å². The van der Waals surface area contributed by atoms with Crippen LogP contribution in [-0.2, 0) is 0 Å². The van der Waals surface area contributed by atoms with Crippen molar-refractivity contribution in [3.05, 3.63) is 11.2 Å². The van der Waals surface area contributed by atoms with Gasteiger partial charge in [-0.3, -0.25) is 4.90 Å². The Kier molecular flexibility index (Phi) is 4.70. The SMILES string of the molecule is CCCNc1ncc(Cl)c(N2CCN(C)C(C)(C)C2)n1. The Morgan fingerprint density at radius 3 is 2.80 bits per heavy atom. The molecule has 2 heterocycles. The van der Waals surface area contributed by atoms with Gasteiger partial charge in [-0.2, -0.15) is 4.98 Å². The number of hydrogen-bond acceptors (Lipinski definition) is 5. The zero-order chi connectivity index (χ0) is 14.8. The highest BCUT2D eigenvalue weighted by Crippen LogP contribution is 2.28. The molecule has 0 spiro atoms. The topological polar surface area (TPSA) is 44.3 Å². The number of halogens is 1. The van der Waals surface area contributed by atoms with Crippen LogP contribution in [0.5, 0.6) is 0 Å².